The number of fused-ring (bicyclic) bond motifs is 1. The van der Waals surface area contributed by atoms with Gasteiger partial charge in [-0.1, -0.05) is 22.9 Å². The fourth-order valence-corrected chi connectivity index (χ4v) is 6.18. The van der Waals surface area contributed by atoms with Crippen LogP contribution < -0.4 is 10.2 Å². The average Bonchev–Trinajstić information content (AvgIpc) is 3.03. The molecule has 2 heterocycles. The SMILES string of the molecule is Cn1c(=O)sc2cc(S(=O)(=O)N3CCC(C(=O)Nc4ccc(Cl)cc4)CC3)ccc21. The number of thiazole rings is 1. The largest absolute Gasteiger partial charge is 0.326 e. The molecule has 1 fully saturated rings. The van der Waals surface area contributed by atoms with E-state index in [1.807, 2.05) is 0 Å². The molecule has 1 aliphatic rings. The first-order chi connectivity index (χ1) is 14.3. The molecule has 1 aromatic heterocycles. The lowest BCUT2D eigenvalue weighted by atomic mass is 9.97. The van der Waals surface area contributed by atoms with E-state index in [4.69, 9.17) is 11.6 Å². The van der Waals surface area contributed by atoms with Crippen LogP contribution >= 0.6 is 22.9 Å². The van der Waals surface area contributed by atoms with Crippen molar-refractivity contribution in [2.45, 2.75) is 17.7 Å². The van der Waals surface area contributed by atoms with Crippen LogP contribution in [0.3, 0.4) is 0 Å². The predicted molar refractivity (Wildman–Crippen MR) is 119 cm³/mol. The van der Waals surface area contributed by atoms with Gasteiger partial charge in [0.1, 0.15) is 0 Å². The van der Waals surface area contributed by atoms with Gasteiger partial charge in [-0.05, 0) is 55.3 Å². The molecule has 3 aromatic rings. The molecule has 2 aromatic carbocycles. The predicted octanol–water partition coefficient (Wildman–Crippen LogP) is 3.29. The fraction of sp³-hybridized carbons (Fsp3) is 0.300. The van der Waals surface area contributed by atoms with Gasteiger partial charge >= 0.3 is 4.87 Å². The summed E-state index contributed by atoms with van der Waals surface area (Å²) in [4.78, 5) is 24.4. The van der Waals surface area contributed by atoms with Gasteiger partial charge in [0.15, 0.2) is 0 Å². The highest BCUT2D eigenvalue weighted by Crippen LogP contribution is 2.27. The Balaban J connectivity index is 1.44. The summed E-state index contributed by atoms with van der Waals surface area (Å²) in [5.74, 6) is -0.376. The number of carbonyl (C=O) groups is 1. The summed E-state index contributed by atoms with van der Waals surface area (Å²) in [5, 5.41) is 3.45. The minimum Gasteiger partial charge on any atom is -0.326 e. The van der Waals surface area contributed by atoms with Crippen molar-refractivity contribution in [1.82, 2.24) is 8.87 Å². The van der Waals surface area contributed by atoms with E-state index < -0.39 is 10.0 Å². The Hall–Kier alpha value is -2.20. The molecule has 0 aliphatic carbocycles. The average molecular weight is 466 g/mol. The minimum absolute atomic E-state index is 0.121. The van der Waals surface area contributed by atoms with Crippen molar-refractivity contribution in [2.24, 2.45) is 13.0 Å². The summed E-state index contributed by atoms with van der Waals surface area (Å²) >= 11 is 6.88. The smallest absolute Gasteiger partial charge is 0.307 e. The second-order valence-corrected chi connectivity index (χ2v) is 10.6. The highest BCUT2D eigenvalue weighted by atomic mass is 35.5. The number of nitrogens with one attached hydrogen (secondary N) is 1. The van der Waals surface area contributed by atoms with Crippen molar-refractivity contribution in [3.8, 4) is 0 Å². The van der Waals surface area contributed by atoms with Crippen LogP contribution in [0.5, 0.6) is 0 Å². The van der Waals surface area contributed by atoms with Crippen LogP contribution in [0.1, 0.15) is 12.8 Å². The Labute approximate surface area is 182 Å². The Morgan fingerprint density at radius 1 is 1.13 bits per heavy atom. The quantitative estimate of drug-likeness (QED) is 0.640. The molecular formula is C20H20ClN3O4S2. The standard InChI is InChI=1S/C20H20ClN3O4S2/c1-23-17-7-6-16(12-18(17)29-20(23)26)30(27,28)24-10-8-13(9-11-24)19(25)22-15-4-2-14(21)3-5-15/h2-7,12-13H,8-11H2,1H3,(H,22,25). The Bertz CT molecular complexity index is 1260. The van der Waals surface area contributed by atoms with Crippen molar-refractivity contribution >= 4 is 54.8 Å². The number of aromatic nitrogens is 1. The molecule has 1 N–H and O–H groups in total. The zero-order valence-electron chi connectivity index (χ0n) is 16.2. The number of piperidine rings is 1. The number of aryl methyl sites for hydroxylation is 1. The van der Waals surface area contributed by atoms with Crippen molar-refractivity contribution < 1.29 is 13.2 Å². The molecule has 7 nitrogen and oxygen atoms in total. The zero-order valence-corrected chi connectivity index (χ0v) is 18.6. The zero-order chi connectivity index (χ0) is 21.5. The normalized spacial score (nSPS) is 16.1. The first-order valence-corrected chi connectivity index (χ1v) is 12.1. The van der Waals surface area contributed by atoms with E-state index in [9.17, 15) is 18.0 Å². The van der Waals surface area contributed by atoms with E-state index in [0.29, 0.717) is 33.8 Å². The van der Waals surface area contributed by atoms with Crippen LogP contribution in [0, 0.1) is 5.92 Å². The van der Waals surface area contributed by atoms with Gasteiger partial charge in [-0.2, -0.15) is 4.31 Å². The lowest BCUT2D eigenvalue weighted by Crippen LogP contribution is -2.41. The summed E-state index contributed by atoms with van der Waals surface area (Å²) in [6.45, 7) is 0.536. The molecule has 30 heavy (non-hydrogen) atoms. The molecule has 0 unspecified atom stereocenters. The van der Waals surface area contributed by atoms with Crippen LogP contribution in [0.25, 0.3) is 10.2 Å². The van der Waals surface area contributed by atoms with Gasteiger partial charge < -0.3 is 9.88 Å². The maximum absolute atomic E-state index is 13.1. The molecule has 1 aliphatic heterocycles. The van der Waals surface area contributed by atoms with Crippen molar-refractivity contribution in [2.75, 3.05) is 18.4 Å². The fourth-order valence-electron chi connectivity index (χ4n) is 3.56. The number of halogens is 1. The van der Waals surface area contributed by atoms with Gasteiger partial charge in [0.25, 0.3) is 0 Å². The topological polar surface area (TPSA) is 88.5 Å². The molecule has 4 rings (SSSR count). The van der Waals surface area contributed by atoms with Crippen LogP contribution in [0.4, 0.5) is 5.69 Å². The number of nitrogens with zero attached hydrogens (tertiary/aromatic N) is 2. The van der Waals surface area contributed by atoms with Gasteiger partial charge in [0, 0.05) is 36.8 Å². The van der Waals surface area contributed by atoms with Gasteiger partial charge in [-0.15, -0.1) is 0 Å². The number of rotatable bonds is 4. The number of hydrogen-bond donors (Lipinski definition) is 1. The molecule has 10 heteroatoms. The van der Waals surface area contributed by atoms with E-state index >= 15 is 0 Å². The molecule has 1 saturated heterocycles. The molecule has 0 radical (unpaired) electrons. The van der Waals surface area contributed by atoms with Crippen molar-refractivity contribution in [3.05, 3.63) is 57.2 Å². The monoisotopic (exact) mass is 465 g/mol. The molecular weight excluding hydrogens is 446 g/mol. The minimum atomic E-state index is -3.69. The van der Waals surface area contributed by atoms with E-state index in [2.05, 4.69) is 5.32 Å². The third kappa shape index (κ3) is 4.02. The van der Waals surface area contributed by atoms with Crippen LogP contribution in [0.15, 0.2) is 52.2 Å². The second-order valence-electron chi connectivity index (χ2n) is 7.23. The van der Waals surface area contributed by atoms with E-state index in [-0.39, 0.29) is 34.7 Å². The molecule has 0 atom stereocenters. The van der Waals surface area contributed by atoms with E-state index in [1.54, 1.807) is 43.4 Å². The molecule has 0 saturated carbocycles. The van der Waals surface area contributed by atoms with Gasteiger partial charge in [0.05, 0.1) is 15.1 Å². The Morgan fingerprint density at radius 3 is 2.47 bits per heavy atom. The second kappa shape index (κ2) is 8.14. The summed E-state index contributed by atoms with van der Waals surface area (Å²) in [5.41, 5.74) is 1.37. The van der Waals surface area contributed by atoms with E-state index in [1.165, 1.54) is 14.9 Å². The summed E-state index contributed by atoms with van der Waals surface area (Å²) in [6.07, 6.45) is 0.888. The molecule has 0 spiro atoms. The maximum Gasteiger partial charge on any atom is 0.307 e. The number of anilines is 1. The molecule has 158 valence electrons. The Kier molecular flexibility index (Phi) is 5.71. The van der Waals surface area contributed by atoms with Gasteiger partial charge in [-0.3, -0.25) is 9.59 Å². The summed E-state index contributed by atoms with van der Waals surface area (Å²) < 4.78 is 29.7. The first kappa shape index (κ1) is 21.0. The third-order valence-electron chi connectivity index (χ3n) is 5.34. The number of carbonyl (C=O) groups excluding carboxylic acids is 1. The van der Waals surface area contributed by atoms with Crippen molar-refractivity contribution in [3.63, 3.8) is 0 Å². The number of hydrogen-bond acceptors (Lipinski definition) is 5. The lowest BCUT2D eigenvalue weighted by molar-refractivity contribution is -0.120. The van der Waals surface area contributed by atoms with Crippen LogP contribution in [0.2, 0.25) is 5.02 Å². The van der Waals surface area contributed by atoms with Crippen LogP contribution in [-0.2, 0) is 21.9 Å². The number of amides is 1. The van der Waals surface area contributed by atoms with Gasteiger partial charge in [-0.25, -0.2) is 8.42 Å². The Morgan fingerprint density at radius 2 is 1.80 bits per heavy atom. The maximum atomic E-state index is 13.1. The van der Waals surface area contributed by atoms with Crippen molar-refractivity contribution in [1.29, 1.82) is 0 Å². The summed E-state index contributed by atoms with van der Waals surface area (Å²) in [7, 11) is -2.03. The third-order valence-corrected chi connectivity index (χ3v) is 8.48. The van der Waals surface area contributed by atoms with Crippen LogP contribution in [-0.4, -0.2) is 36.3 Å². The lowest BCUT2D eigenvalue weighted by Gasteiger charge is -2.30. The highest BCUT2D eigenvalue weighted by Gasteiger charge is 2.32. The first-order valence-electron chi connectivity index (χ1n) is 9.42. The highest BCUT2D eigenvalue weighted by molar-refractivity contribution is 7.89. The van der Waals surface area contributed by atoms with Gasteiger partial charge in [0.2, 0.25) is 15.9 Å². The number of benzene rings is 2. The number of sulfonamides is 1. The molecule has 0 bridgehead atoms. The summed E-state index contributed by atoms with van der Waals surface area (Å²) in [6, 6.07) is 11.6. The molecule has 1 amide bonds. The van der Waals surface area contributed by atoms with E-state index in [0.717, 1.165) is 11.3 Å².